The molecule has 0 amide bonds. The summed E-state index contributed by atoms with van der Waals surface area (Å²) in [5.41, 5.74) is 5.38. The summed E-state index contributed by atoms with van der Waals surface area (Å²) in [4.78, 5) is 0. The highest BCUT2D eigenvalue weighted by Gasteiger charge is 2.41. The number of halogens is 1. The van der Waals surface area contributed by atoms with Crippen LogP contribution in [0.1, 0.15) is 39.5 Å². The van der Waals surface area contributed by atoms with E-state index in [1.54, 1.807) is 0 Å². The van der Waals surface area contributed by atoms with Crippen LogP contribution >= 0.6 is 12.4 Å². The summed E-state index contributed by atoms with van der Waals surface area (Å²) in [6, 6.07) is 1.53. The predicted octanol–water partition coefficient (Wildman–Crippen LogP) is 1.51. The molecule has 1 heterocycles. The Labute approximate surface area is 132 Å². The Balaban J connectivity index is 0.00000220. The van der Waals surface area contributed by atoms with E-state index < -0.39 is 15.6 Å². The van der Waals surface area contributed by atoms with Crippen molar-refractivity contribution in [3.63, 3.8) is 0 Å². The van der Waals surface area contributed by atoms with Crippen molar-refractivity contribution in [3.05, 3.63) is 12.3 Å². The SMILES string of the molecule is CCn1nccc1S(=O)(=O)NC1(CN)CCCCC1C.Cl. The van der Waals surface area contributed by atoms with Gasteiger partial charge in [-0.1, -0.05) is 19.8 Å². The van der Waals surface area contributed by atoms with Crippen LogP contribution in [0.3, 0.4) is 0 Å². The van der Waals surface area contributed by atoms with Gasteiger partial charge in [0.1, 0.15) is 0 Å². The molecular formula is C13H25ClN4O2S. The van der Waals surface area contributed by atoms with Crippen molar-refractivity contribution in [2.45, 2.75) is 56.6 Å². The van der Waals surface area contributed by atoms with E-state index in [1.165, 1.54) is 16.9 Å². The summed E-state index contributed by atoms with van der Waals surface area (Å²) in [5, 5.41) is 4.24. The molecule has 2 atom stereocenters. The number of nitrogens with two attached hydrogens (primary N) is 1. The van der Waals surface area contributed by atoms with Crippen LogP contribution in [0.25, 0.3) is 0 Å². The van der Waals surface area contributed by atoms with E-state index in [9.17, 15) is 8.42 Å². The first-order valence-electron chi connectivity index (χ1n) is 7.21. The number of aromatic nitrogens is 2. The second-order valence-electron chi connectivity index (χ2n) is 5.60. The van der Waals surface area contributed by atoms with Crippen LogP contribution in [0, 0.1) is 5.92 Å². The quantitative estimate of drug-likeness (QED) is 0.852. The smallest absolute Gasteiger partial charge is 0.258 e. The van der Waals surface area contributed by atoms with Crippen molar-refractivity contribution < 1.29 is 8.42 Å². The van der Waals surface area contributed by atoms with E-state index in [0.717, 1.165) is 25.7 Å². The molecule has 0 spiro atoms. The summed E-state index contributed by atoms with van der Waals surface area (Å²) < 4.78 is 29.6. The molecule has 3 N–H and O–H groups in total. The first kappa shape index (κ1) is 18.4. The highest BCUT2D eigenvalue weighted by molar-refractivity contribution is 7.89. The molecule has 122 valence electrons. The molecule has 0 saturated heterocycles. The fourth-order valence-corrected chi connectivity index (χ4v) is 4.74. The van der Waals surface area contributed by atoms with Crippen LogP contribution in [-0.4, -0.2) is 30.3 Å². The zero-order valence-corrected chi connectivity index (χ0v) is 14.2. The monoisotopic (exact) mass is 336 g/mol. The molecule has 2 rings (SSSR count). The number of nitrogens with zero attached hydrogens (tertiary/aromatic N) is 2. The van der Waals surface area contributed by atoms with Gasteiger partial charge in [0.25, 0.3) is 10.0 Å². The van der Waals surface area contributed by atoms with E-state index in [1.807, 2.05) is 6.92 Å². The lowest BCUT2D eigenvalue weighted by Gasteiger charge is -2.42. The third-order valence-corrected chi connectivity index (χ3v) is 5.98. The largest absolute Gasteiger partial charge is 0.329 e. The molecule has 1 aromatic rings. The van der Waals surface area contributed by atoms with Gasteiger partial charge in [-0.2, -0.15) is 5.10 Å². The maximum Gasteiger partial charge on any atom is 0.258 e. The predicted molar refractivity (Wildman–Crippen MR) is 84.9 cm³/mol. The zero-order chi connectivity index (χ0) is 14.8. The Kier molecular flexibility index (Phi) is 6.22. The number of rotatable bonds is 5. The van der Waals surface area contributed by atoms with Crippen LogP contribution in [-0.2, 0) is 16.6 Å². The lowest BCUT2D eigenvalue weighted by molar-refractivity contribution is 0.191. The molecule has 0 bridgehead atoms. The van der Waals surface area contributed by atoms with Gasteiger partial charge in [0.05, 0.1) is 6.20 Å². The van der Waals surface area contributed by atoms with Crippen molar-refractivity contribution >= 4 is 22.4 Å². The second kappa shape index (κ2) is 7.09. The summed E-state index contributed by atoms with van der Waals surface area (Å²) in [6.07, 6.45) is 5.46. The third-order valence-electron chi connectivity index (χ3n) is 4.41. The van der Waals surface area contributed by atoms with Crippen molar-refractivity contribution in [2.24, 2.45) is 11.7 Å². The number of hydrogen-bond acceptors (Lipinski definition) is 4. The average molecular weight is 337 g/mol. The summed E-state index contributed by atoms with van der Waals surface area (Å²) in [7, 11) is -3.59. The molecule has 1 aromatic heterocycles. The minimum atomic E-state index is -3.59. The Morgan fingerprint density at radius 1 is 1.52 bits per heavy atom. The van der Waals surface area contributed by atoms with Gasteiger partial charge < -0.3 is 5.73 Å². The Morgan fingerprint density at radius 2 is 2.24 bits per heavy atom. The fourth-order valence-electron chi connectivity index (χ4n) is 3.02. The minimum Gasteiger partial charge on any atom is -0.329 e. The molecule has 1 aliphatic rings. The molecule has 1 fully saturated rings. The Hall–Kier alpha value is -0.630. The summed E-state index contributed by atoms with van der Waals surface area (Å²) in [6.45, 7) is 4.79. The minimum absolute atomic E-state index is 0. The van der Waals surface area contributed by atoms with Crippen molar-refractivity contribution in [3.8, 4) is 0 Å². The molecule has 21 heavy (non-hydrogen) atoms. The second-order valence-corrected chi connectivity index (χ2v) is 7.23. The number of nitrogens with one attached hydrogen (secondary N) is 1. The molecular weight excluding hydrogens is 312 g/mol. The molecule has 0 radical (unpaired) electrons. The first-order valence-corrected chi connectivity index (χ1v) is 8.69. The van der Waals surface area contributed by atoms with Gasteiger partial charge in [0, 0.05) is 18.6 Å². The molecule has 1 aliphatic carbocycles. The van der Waals surface area contributed by atoms with Gasteiger partial charge >= 0.3 is 0 Å². The van der Waals surface area contributed by atoms with E-state index in [4.69, 9.17) is 5.73 Å². The maximum absolute atomic E-state index is 12.6. The van der Waals surface area contributed by atoms with Crippen LogP contribution in [0.4, 0.5) is 0 Å². The number of sulfonamides is 1. The molecule has 0 aromatic carbocycles. The lowest BCUT2D eigenvalue weighted by Crippen LogP contribution is -2.59. The van der Waals surface area contributed by atoms with Crippen molar-refractivity contribution in [1.82, 2.24) is 14.5 Å². The van der Waals surface area contributed by atoms with Gasteiger partial charge in [-0.25, -0.2) is 13.1 Å². The van der Waals surface area contributed by atoms with Gasteiger partial charge in [0.15, 0.2) is 5.03 Å². The highest BCUT2D eigenvalue weighted by atomic mass is 35.5. The average Bonchev–Trinajstić information content (AvgIpc) is 2.90. The zero-order valence-electron chi connectivity index (χ0n) is 12.6. The highest BCUT2D eigenvalue weighted by Crippen LogP contribution is 2.34. The molecule has 8 heteroatoms. The van der Waals surface area contributed by atoms with E-state index in [0.29, 0.717) is 13.1 Å². The molecule has 1 saturated carbocycles. The van der Waals surface area contributed by atoms with Crippen LogP contribution < -0.4 is 10.5 Å². The van der Waals surface area contributed by atoms with E-state index in [2.05, 4.69) is 16.7 Å². The van der Waals surface area contributed by atoms with E-state index >= 15 is 0 Å². The third kappa shape index (κ3) is 3.59. The maximum atomic E-state index is 12.6. The van der Waals surface area contributed by atoms with E-state index in [-0.39, 0.29) is 23.4 Å². The molecule has 2 unspecified atom stereocenters. The van der Waals surface area contributed by atoms with Crippen LogP contribution in [0.2, 0.25) is 0 Å². The van der Waals surface area contributed by atoms with Crippen molar-refractivity contribution in [1.29, 1.82) is 0 Å². The molecule has 6 nitrogen and oxygen atoms in total. The normalized spacial score (nSPS) is 26.3. The van der Waals surface area contributed by atoms with Crippen LogP contribution in [0.15, 0.2) is 17.3 Å². The number of aryl methyl sites for hydroxylation is 1. The molecule has 0 aliphatic heterocycles. The van der Waals surface area contributed by atoms with Gasteiger partial charge in [-0.15, -0.1) is 12.4 Å². The van der Waals surface area contributed by atoms with Crippen molar-refractivity contribution in [2.75, 3.05) is 6.54 Å². The fraction of sp³-hybridized carbons (Fsp3) is 0.769. The summed E-state index contributed by atoms with van der Waals surface area (Å²) in [5.74, 6) is 0.244. The number of hydrogen-bond donors (Lipinski definition) is 2. The van der Waals surface area contributed by atoms with Gasteiger partial charge in [-0.05, 0) is 31.7 Å². The lowest BCUT2D eigenvalue weighted by atomic mass is 9.74. The topological polar surface area (TPSA) is 90.0 Å². The Bertz CT molecular complexity index is 560. The van der Waals surface area contributed by atoms with Gasteiger partial charge in [-0.3, -0.25) is 4.68 Å². The standard InChI is InChI=1S/C13H24N4O2S.ClH/c1-3-17-12(7-9-15-17)20(18,19)16-13(10-14)8-5-4-6-11(13)2;/h7,9,11,16H,3-6,8,10,14H2,1-2H3;1H. The van der Waals surface area contributed by atoms with Gasteiger partial charge in [0.2, 0.25) is 0 Å². The summed E-state index contributed by atoms with van der Waals surface area (Å²) >= 11 is 0. The van der Waals surface area contributed by atoms with Crippen LogP contribution in [0.5, 0.6) is 0 Å². The Morgan fingerprint density at radius 3 is 2.81 bits per heavy atom. The first-order chi connectivity index (χ1) is 9.45.